The van der Waals surface area contributed by atoms with E-state index in [0.29, 0.717) is 31.0 Å². The molecule has 1 aromatic rings. The van der Waals surface area contributed by atoms with Crippen molar-refractivity contribution in [2.45, 2.75) is 205 Å². The molecule has 4 N–H and O–H groups in total. The second-order valence-electron chi connectivity index (χ2n) is 21.4. The number of halogens is 1. The molecule has 4 saturated heterocycles. The summed E-state index contributed by atoms with van der Waals surface area (Å²) >= 11 is 6.06. The maximum absolute atomic E-state index is 14.7. The fourth-order valence-electron chi connectivity index (χ4n) is 11.1. The molecule has 0 saturated carbocycles. The number of likely N-dealkylation sites (N-methyl/N-ethyl adjacent to an activating group) is 2. The number of methoxy groups -OCH3 is 1. The normalized spacial score (nSPS) is 39.8. The average molecular weight is 1030 g/mol. The summed E-state index contributed by atoms with van der Waals surface area (Å²) in [6.45, 7) is 19.0. The maximum atomic E-state index is 14.7. The van der Waals surface area contributed by atoms with E-state index in [4.69, 9.17) is 54.2 Å². The highest BCUT2D eigenvalue weighted by molar-refractivity contribution is 6.30. The molecule has 5 rings (SSSR count). The quantitative estimate of drug-likeness (QED) is 0.102. The third kappa shape index (κ3) is 14.5. The van der Waals surface area contributed by atoms with Crippen LogP contribution in [0, 0.1) is 17.8 Å². The summed E-state index contributed by atoms with van der Waals surface area (Å²) in [5.74, 6) is -2.92. The highest BCUT2D eigenvalue weighted by atomic mass is 35.5. The molecule has 2 amide bonds. The second-order valence-corrected chi connectivity index (χ2v) is 21.8. The smallest absolute Gasteiger partial charge is 0.458 e. The van der Waals surface area contributed by atoms with Crippen molar-refractivity contribution in [3.8, 4) is 0 Å². The van der Waals surface area contributed by atoms with Gasteiger partial charge in [-0.2, -0.15) is 0 Å². The van der Waals surface area contributed by atoms with Crippen LogP contribution in [0.3, 0.4) is 0 Å². The number of nitrogens with one attached hydrogen (secondary N) is 2. The Morgan fingerprint density at radius 2 is 1.69 bits per heavy atom. The molecular weight excluding hydrogens is 944 g/mol. The van der Waals surface area contributed by atoms with E-state index in [-0.39, 0.29) is 56.2 Å². The SMILES string of the molecule is CC[C@H]1OC(=O)[C@H](C)[C@H](O[C@H]2C[C@@](C)(OC)[C@@H](OC(=O)NCCCC(=O)NCc3cccc(Cl)c3)[C@H](C)O2)[C@H](C)[C@@H](O[C@@H]2O[C@H](C)C[C@H](N(C)C)[C@H]2O)[C@@](C)(O)C[C@@H](C)CN(C)[C@H](C)[C@H]2OC(=O)O[C@@]21C. The van der Waals surface area contributed by atoms with Gasteiger partial charge in [-0.1, -0.05) is 44.5 Å². The molecule has 18 atom stereocenters. The number of fused-ring (bicyclic) bond motifs is 1. The lowest BCUT2D eigenvalue weighted by Crippen LogP contribution is -2.61. The van der Waals surface area contributed by atoms with Gasteiger partial charge >= 0.3 is 18.2 Å². The van der Waals surface area contributed by atoms with Crippen LogP contribution in [0.15, 0.2) is 24.3 Å². The summed E-state index contributed by atoms with van der Waals surface area (Å²) < 4.78 is 56.6. The molecule has 1 aromatic carbocycles. The lowest BCUT2D eigenvalue weighted by molar-refractivity contribution is -0.317. The van der Waals surface area contributed by atoms with Crippen molar-refractivity contribution in [3.05, 3.63) is 34.9 Å². The molecule has 4 heterocycles. The molecule has 0 unspecified atom stereocenters. The Morgan fingerprint density at radius 1 is 0.986 bits per heavy atom. The molecule has 4 aliphatic rings. The highest BCUT2D eigenvalue weighted by Gasteiger charge is 2.58. The van der Waals surface area contributed by atoms with Crippen molar-refractivity contribution in [2.75, 3.05) is 41.3 Å². The Labute approximate surface area is 425 Å². The molecule has 4 aliphatic heterocycles. The summed E-state index contributed by atoms with van der Waals surface area (Å²) in [5, 5.41) is 30.7. The van der Waals surface area contributed by atoms with Crippen LogP contribution in [-0.4, -0.2) is 176 Å². The van der Waals surface area contributed by atoms with Crippen molar-refractivity contribution in [2.24, 2.45) is 17.8 Å². The Kier molecular flexibility index (Phi) is 20.4. The van der Waals surface area contributed by atoms with E-state index in [1.165, 1.54) is 7.11 Å². The molecule has 71 heavy (non-hydrogen) atoms. The average Bonchev–Trinajstić information content (AvgIpc) is 3.61. The number of carbonyl (C=O) groups excluding carboxylic acids is 4. The molecule has 0 spiro atoms. The predicted molar refractivity (Wildman–Crippen MR) is 262 cm³/mol. The maximum Gasteiger partial charge on any atom is 0.509 e. The van der Waals surface area contributed by atoms with Crippen LogP contribution in [0.25, 0.3) is 0 Å². The summed E-state index contributed by atoms with van der Waals surface area (Å²) in [4.78, 5) is 57.3. The first-order valence-corrected chi connectivity index (χ1v) is 25.6. The van der Waals surface area contributed by atoms with Crippen molar-refractivity contribution in [3.63, 3.8) is 0 Å². The van der Waals surface area contributed by atoms with E-state index in [9.17, 15) is 29.4 Å². The van der Waals surface area contributed by atoms with Gasteiger partial charge in [0.1, 0.15) is 17.8 Å². The monoisotopic (exact) mass is 1030 g/mol. The predicted octanol–water partition coefficient (Wildman–Crippen LogP) is 5.57. The number of rotatable bonds is 14. The number of ether oxygens (including phenoxy) is 9. The van der Waals surface area contributed by atoms with E-state index in [1.54, 1.807) is 46.8 Å². The van der Waals surface area contributed by atoms with E-state index in [0.717, 1.165) is 5.56 Å². The number of alkyl carbamates (subject to hydrolysis) is 1. The van der Waals surface area contributed by atoms with E-state index < -0.39 is 108 Å². The van der Waals surface area contributed by atoms with Crippen LogP contribution < -0.4 is 10.6 Å². The Hall–Kier alpha value is -3.37. The summed E-state index contributed by atoms with van der Waals surface area (Å²) in [6, 6.07) is 6.51. The number of nitrogens with zero attached hydrogens (tertiary/aromatic N) is 2. The Morgan fingerprint density at radius 3 is 2.34 bits per heavy atom. The zero-order valence-corrected chi connectivity index (χ0v) is 45.1. The molecule has 0 aliphatic carbocycles. The van der Waals surface area contributed by atoms with Crippen molar-refractivity contribution >= 4 is 35.7 Å². The van der Waals surface area contributed by atoms with E-state index in [2.05, 4.69) is 10.6 Å². The Balaban J connectivity index is 1.41. The molecule has 19 nitrogen and oxygen atoms in total. The lowest BCUT2D eigenvalue weighted by atomic mass is 9.77. The minimum atomic E-state index is -1.62. The first-order chi connectivity index (χ1) is 33.2. The van der Waals surface area contributed by atoms with Crippen LogP contribution in [0.5, 0.6) is 0 Å². The molecule has 4 fully saturated rings. The number of amides is 2. The highest BCUT2D eigenvalue weighted by Crippen LogP contribution is 2.42. The molecular formula is C51H83ClN4O15. The number of hydrogen-bond acceptors (Lipinski definition) is 17. The van der Waals surface area contributed by atoms with E-state index in [1.807, 2.05) is 77.7 Å². The first kappa shape index (κ1) is 58.5. The van der Waals surface area contributed by atoms with Gasteiger partial charge in [0.2, 0.25) is 5.91 Å². The van der Waals surface area contributed by atoms with Gasteiger partial charge in [-0.15, -0.1) is 0 Å². The molecule has 0 radical (unpaired) electrons. The number of hydrogen-bond donors (Lipinski definition) is 4. The number of esters is 1. The fraction of sp³-hybridized carbons (Fsp3) is 0.804. The standard InChI is InChI=1S/C51H83ClN4O15/c1-15-37-51(10)43(70-48(61)71-51)32(6)56(13)27-28(2)24-49(8,62)42(68-46-40(58)36(55(11)12)22-29(3)64-46)30(4)41(31(5)45(59)66-37)67-39-25-50(9,63-14)44(33(7)65-39)69-47(60)53-21-17-20-38(57)54-26-34-18-16-19-35(52)23-34/h16,18-19,23,28-33,36-37,39-44,46,58,62H,15,17,20-22,24-27H2,1-14H3,(H,53,60)(H,54,57)/t28-,29-,30+,31-,32-,33+,36+,37-,39+,40-,41-,42-,43-,44+,46+,49+,50-,51-/m1/s1. The van der Waals surface area contributed by atoms with Crippen molar-refractivity contribution < 1.29 is 72.0 Å². The molecule has 20 heteroatoms. The summed E-state index contributed by atoms with van der Waals surface area (Å²) in [7, 11) is 7.15. The molecule has 0 bridgehead atoms. The number of carbonyl (C=O) groups is 4. The van der Waals surface area contributed by atoms with Gasteiger partial charge in [-0.3, -0.25) is 14.5 Å². The minimum Gasteiger partial charge on any atom is -0.458 e. The van der Waals surface area contributed by atoms with Gasteiger partial charge in [-0.05, 0) is 119 Å². The second kappa shape index (κ2) is 24.8. The minimum absolute atomic E-state index is 0.0316. The van der Waals surface area contributed by atoms with Crippen LogP contribution in [0.4, 0.5) is 9.59 Å². The first-order valence-electron chi connectivity index (χ1n) is 25.2. The lowest BCUT2D eigenvalue weighted by Gasteiger charge is -2.49. The van der Waals surface area contributed by atoms with Gasteiger partial charge < -0.3 is 68.4 Å². The third-order valence-corrected chi connectivity index (χ3v) is 15.3. The number of benzene rings is 1. The molecule has 0 aromatic heterocycles. The van der Waals surface area contributed by atoms with Crippen molar-refractivity contribution in [1.29, 1.82) is 0 Å². The number of cyclic esters (lactones) is 1. The fourth-order valence-corrected chi connectivity index (χ4v) is 11.3. The van der Waals surface area contributed by atoms with Gasteiger partial charge in [0.25, 0.3) is 0 Å². The van der Waals surface area contributed by atoms with Gasteiger partial charge in [-0.25, -0.2) is 9.59 Å². The van der Waals surface area contributed by atoms with Gasteiger partial charge in [0, 0.05) is 62.6 Å². The van der Waals surface area contributed by atoms with Gasteiger partial charge in [0.05, 0.1) is 35.9 Å². The number of aliphatic hydroxyl groups excluding tert-OH is 1. The Bertz CT molecular complexity index is 1950. The van der Waals surface area contributed by atoms with Crippen LogP contribution in [0.2, 0.25) is 5.02 Å². The third-order valence-electron chi connectivity index (χ3n) is 15.1. The van der Waals surface area contributed by atoms with Gasteiger partial charge in [0.15, 0.2) is 30.4 Å². The number of aliphatic hydroxyl groups is 2. The molecule has 404 valence electrons. The summed E-state index contributed by atoms with van der Waals surface area (Å²) in [6.07, 6.45) is -9.30. The zero-order valence-electron chi connectivity index (χ0n) is 44.3. The zero-order chi connectivity index (χ0) is 52.7. The topological polar surface area (TPSA) is 222 Å². The largest absolute Gasteiger partial charge is 0.509 e. The van der Waals surface area contributed by atoms with E-state index >= 15 is 0 Å². The van der Waals surface area contributed by atoms with Crippen LogP contribution >= 0.6 is 11.6 Å². The summed E-state index contributed by atoms with van der Waals surface area (Å²) in [5.41, 5.74) is -3.28. The van der Waals surface area contributed by atoms with Crippen molar-refractivity contribution in [1.82, 2.24) is 20.4 Å². The van der Waals surface area contributed by atoms with Crippen LogP contribution in [0.1, 0.15) is 113 Å². The van der Waals surface area contributed by atoms with Crippen LogP contribution in [-0.2, 0) is 58.8 Å².